The Balaban J connectivity index is 1.88. The Morgan fingerprint density at radius 1 is 1.17 bits per heavy atom. The fourth-order valence-corrected chi connectivity index (χ4v) is 2.44. The highest BCUT2D eigenvalue weighted by molar-refractivity contribution is 5.75. The van der Waals surface area contributed by atoms with Crippen LogP contribution < -0.4 is 5.32 Å². The van der Waals surface area contributed by atoms with Crippen molar-refractivity contribution in [3.63, 3.8) is 0 Å². The highest BCUT2D eigenvalue weighted by atomic mass is 16.5. The average Bonchev–Trinajstić information content (AvgIpc) is 3.00. The lowest BCUT2D eigenvalue weighted by Gasteiger charge is -2.18. The van der Waals surface area contributed by atoms with E-state index >= 15 is 0 Å². The van der Waals surface area contributed by atoms with Gasteiger partial charge in [-0.3, -0.25) is 4.79 Å². The van der Waals surface area contributed by atoms with Crippen molar-refractivity contribution in [2.24, 2.45) is 0 Å². The van der Waals surface area contributed by atoms with Crippen LogP contribution in [0.25, 0.3) is 11.4 Å². The third kappa shape index (κ3) is 5.18. The summed E-state index contributed by atoms with van der Waals surface area (Å²) in [5.74, 6) is 1.35. The van der Waals surface area contributed by atoms with Gasteiger partial charge in [0, 0.05) is 24.9 Å². The van der Waals surface area contributed by atoms with Gasteiger partial charge in [-0.2, -0.15) is 4.98 Å². The number of carbonyl (C=O) groups excluding carboxylic acids is 1. The minimum Gasteiger partial charge on any atom is -0.356 e. The van der Waals surface area contributed by atoms with Gasteiger partial charge < -0.3 is 9.84 Å². The van der Waals surface area contributed by atoms with Gasteiger partial charge in [0.05, 0.1) is 0 Å². The van der Waals surface area contributed by atoms with Gasteiger partial charge in [-0.1, -0.05) is 50.2 Å². The maximum absolute atomic E-state index is 11.4. The number of nitrogens with one attached hydrogen (secondary N) is 1. The molecule has 2 aromatic rings. The predicted molar refractivity (Wildman–Crippen MR) is 94.7 cm³/mol. The maximum Gasteiger partial charge on any atom is 0.226 e. The van der Waals surface area contributed by atoms with E-state index < -0.39 is 0 Å². The largest absolute Gasteiger partial charge is 0.356 e. The summed E-state index contributed by atoms with van der Waals surface area (Å²) in [6, 6.07) is 8.28. The molecule has 130 valence electrons. The molecule has 0 aliphatic rings. The lowest BCUT2D eigenvalue weighted by molar-refractivity contribution is -0.121. The molecule has 24 heavy (non-hydrogen) atoms. The summed E-state index contributed by atoms with van der Waals surface area (Å²) in [6.45, 7) is 9.17. The van der Waals surface area contributed by atoms with Gasteiger partial charge in [0.15, 0.2) is 0 Å². The van der Waals surface area contributed by atoms with Crippen LogP contribution in [-0.2, 0) is 16.6 Å². The van der Waals surface area contributed by atoms with E-state index in [9.17, 15) is 4.79 Å². The summed E-state index contributed by atoms with van der Waals surface area (Å²) in [5, 5.41) is 6.85. The second-order valence-corrected chi connectivity index (χ2v) is 7.00. The van der Waals surface area contributed by atoms with Crippen LogP contribution in [0.3, 0.4) is 0 Å². The fourth-order valence-electron chi connectivity index (χ4n) is 2.44. The molecular formula is C19H27N3O2. The summed E-state index contributed by atoms with van der Waals surface area (Å²) in [7, 11) is 0. The standard InChI is InChI=1S/C19H27N3O2/c1-5-20-16(23)8-6-7-9-17-21-18(22-24-17)14-10-12-15(13-11-14)19(2,3)4/h10-13H,5-9H2,1-4H3,(H,20,23). The molecule has 0 radical (unpaired) electrons. The van der Waals surface area contributed by atoms with Gasteiger partial charge in [0.2, 0.25) is 17.6 Å². The monoisotopic (exact) mass is 329 g/mol. The van der Waals surface area contributed by atoms with Gasteiger partial charge in [-0.15, -0.1) is 0 Å². The maximum atomic E-state index is 11.4. The zero-order valence-electron chi connectivity index (χ0n) is 15.1. The first-order valence-corrected chi connectivity index (χ1v) is 8.60. The number of amides is 1. The molecule has 0 fully saturated rings. The van der Waals surface area contributed by atoms with Gasteiger partial charge in [-0.05, 0) is 30.7 Å². The molecule has 0 spiro atoms. The number of carbonyl (C=O) groups is 1. The van der Waals surface area contributed by atoms with Crippen molar-refractivity contribution in [3.8, 4) is 11.4 Å². The van der Waals surface area contributed by atoms with Crippen LogP contribution >= 0.6 is 0 Å². The molecule has 1 amide bonds. The summed E-state index contributed by atoms with van der Waals surface area (Å²) < 4.78 is 5.31. The van der Waals surface area contributed by atoms with Crippen LogP contribution in [-0.4, -0.2) is 22.6 Å². The van der Waals surface area contributed by atoms with E-state index in [2.05, 4.69) is 48.4 Å². The fraction of sp³-hybridized carbons (Fsp3) is 0.526. The van der Waals surface area contributed by atoms with Gasteiger partial charge in [-0.25, -0.2) is 0 Å². The van der Waals surface area contributed by atoms with Crippen LogP contribution in [0.15, 0.2) is 28.8 Å². The molecule has 1 N–H and O–H groups in total. The molecule has 1 aromatic carbocycles. The lowest BCUT2D eigenvalue weighted by atomic mass is 9.87. The van der Waals surface area contributed by atoms with Crippen molar-refractivity contribution >= 4 is 5.91 Å². The third-order valence-corrected chi connectivity index (χ3v) is 3.90. The summed E-state index contributed by atoms with van der Waals surface area (Å²) >= 11 is 0. The first-order valence-electron chi connectivity index (χ1n) is 8.60. The van der Waals surface area contributed by atoms with E-state index in [0.29, 0.717) is 31.1 Å². The molecule has 0 bridgehead atoms. The van der Waals surface area contributed by atoms with Crippen molar-refractivity contribution in [2.45, 2.75) is 58.8 Å². The van der Waals surface area contributed by atoms with E-state index in [1.54, 1.807) is 0 Å². The van der Waals surface area contributed by atoms with Crippen molar-refractivity contribution in [1.29, 1.82) is 0 Å². The summed E-state index contributed by atoms with van der Waals surface area (Å²) in [5.41, 5.74) is 2.37. The molecule has 1 aromatic heterocycles. The molecule has 0 saturated carbocycles. The molecule has 5 nitrogen and oxygen atoms in total. The first kappa shape index (κ1) is 18.2. The van der Waals surface area contributed by atoms with Crippen molar-refractivity contribution in [1.82, 2.24) is 15.5 Å². The summed E-state index contributed by atoms with van der Waals surface area (Å²) in [6.07, 6.45) is 2.93. The van der Waals surface area contributed by atoms with Crippen LogP contribution in [0.2, 0.25) is 0 Å². The van der Waals surface area contributed by atoms with Crippen LogP contribution in [0.1, 0.15) is 58.4 Å². The van der Waals surface area contributed by atoms with Crippen LogP contribution in [0, 0.1) is 0 Å². The Hall–Kier alpha value is -2.17. The number of hydrogen-bond donors (Lipinski definition) is 1. The van der Waals surface area contributed by atoms with Gasteiger partial charge in [0.1, 0.15) is 0 Å². The quantitative estimate of drug-likeness (QED) is 0.783. The van der Waals surface area contributed by atoms with E-state index in [-0.39, 0.29) is 11.3 Å². The Labute approximate surface area is 143 Å². The zero-order valence-corrected chi connectivity index (χ0v) is 15.1. The highest BCUT2D eigenvalue weighted by Crippen LogP contribution is 2.25. The molecule has 2 rings (SSSR count). The average molecular weight is 329 g/mol. The van der Waals surface area contributed by atoms with Crippen molar-refractivity contribution in [2.75, 3.05) is 6.54 Å². The number of hydrogen-bond acceptors (Lipinski definition) is 4. The Morgan fingerprint density at radius 3 is 2.50 bits per heavy atom. The van der Waals surface area contributed by atoms with E-state index in [0.717, 1.165) is 18.4 Å². The second-order valence-electron chi connectivity index (χ2n) is 7.00. The molecule has 0 saturated heterocycles. The number of nitrogens with zero attached hydrogens (tertiary/aromatic N) is 2. The minimum atomic E-state index is 0.0997. The van der Waals surface area contributed by atoms with E-state index in [4.69, 9.17) is 4.52 Å². The van der Waals surface area contributed by atoms with E-state index in [1.807, 2.05) is 19.1 Å². The Kier molecular flexibility index (Phi) is 6.12. The molecule has 5 heteroatoms. The minimum absolute atomic E-state index is 0.0997. The molecule has 1 heterocycles. The number of benzene rings is 1. The topological polar surface area (TPSA) is 68.0 Å². The van der Waals surface area contributed by atoms with Crippen LogP contribution in [0.4, 0.5) is 0 Å². The molecular weight excluding hydrogens is 302 g/mol. The zero-order chi connectivity index (χ0) is 17.6. The van der Waals surface area contributed by atoms with Crippen LogP contribution in [0.5, 0.6) is 0 Å². The Bertz CT molecular complexity index is 654. The first-order chi connectivity index (χ1) is 11.4. The molecule has 0 unspecified atom stereocenters. The smallest absolute Gasteiger partial charge is 0.226 e. The molecule has 0 aliphatic carbocycles. The third-order valence-electron chi connectivity index (χ3n) is 3.90. The highest BCUT2D eigenvalue weighted by Gasteiger charge is 2.14. The number of rotatable bonds is 7. The molecule has 0 atom stereocenters. The van der Waals surface area contributed by atoms with Crippen molar-refractivity contribution in [3.05, 3.63) is 35.7 Å². The van der Waals surface area contributed by atoms with Gasteiger partial charge in [0.25, 0.3) is 0 Å². The lowest BCUT2D eigenvalue weighted by Crippen LogP contribution is -2.22. The van der Waals surface area contributed by atoms with E-state index in [1.165, 1.54) is 5.56 Å². The predicted octanol–water partition coefficient (Wildman–Crippen LogP) is 3.88. The number of aromatic nitrogens is 2. The van der Waals surface area contributed by atoms with Crippen molar-refractivity contribution < 1.29 is 9.32 Å². The number of unbranched alkanes of at least 4 members (excludes halogenated alkanes) is 1. The Morgan fingerprint density at radius 2 is 1.88 bits per heavy atom. The number of aryl methyl sites for hydroxylation is 1. The second kappa shape index (κ2) is 8.08. The molecule has 0 aliphatic heterocycles. The summed E-state index contributed by atoms with van der Waals surface area (Å²) in [4.78, 5) is 15.8. The normalized spacial score (nSPS) is 11.5. The SMILES string of the molecule is CCNC(=O)CCCCc1nc(-c2ccc(C(C)(C)C)cc2)no1. The van der Waals surface area contributed by atoms with Gasteiger partial charge >= 0.3 is 0 Å².